The predicted octanol–water partition coefficient (Wildman–Crippen LogP) is 7.05. The molecule has 2 N–H and O–H groups in total. The van der Waals surface area contributed by atoms with Gasteiger partial charge in [-0.3, -0.25) is 10.1 Å². The van der Waals surface area contributed by atoms with E-state index in [-0.39, 0.29) is 20.6 Å². The molecular weight excluding hydrogens is 458 g/mol. The van der Waals surface area contributed by atoms with Gasteiger partial charge in [0, 0.05) is 10.7 Å². The molecule has 0 aliphatic carbocycles. The fraction of sp³-hybridized carbons (Fsp3) is 0. The number of halogens is 4. The van der Waals surface area contributed by atoms with Gasteiger partial charge >= 0.3 is 6.03 Å². The van der Waals surface area contributed by atoms with Gasteiger partial charge in [-0.1, -0.05) is 52.5 Å². The zero-order valence-corrected chi connectivity index (χ0v) is 17.5. The number of hydrogen-bond donors (Lipinski definition) is 2. The Morgan fingerprint density at radius 3 is 2.07 bits per heavy atom. The Labute approximate surface area is 186 Å². The maximum Gasteiger partial charge on any atom is 0.326 e. The summed E-state index contributed by atoms with van der Waals surface area (Å²) >= 11 is 24.0. The first-order valence-corrected chi connectivity index (χ1v) is 9.64. The molecule has 0 aliphatic heterocycles. The van der Waals surface area contributed by atoms with E-state index >= 15 is 0 Å². The molecule has 9 heteroatoms. The number of urea groups is 1. The molecule has 3 aromatic rings. The summed E-state index contributed by atoms with van der Waals surface area (Å²) < 4.78 is 5.67. The van der Waals surface area contributed by atoms with Gasteiger partial charge in [0.15, 0.2) is 0 Å². The standard InChI is InChI=1S/C20H12Cl4N2O3/c21-11-4-7-13(8-5-11)29-17-9-6-12(10-16(17)24)25-20(28)26-19(27)18-14(22)2-1-3-15(18)23/h1-10H,(H2,25,26,27,28). The van der Waals surface area contributed by atoms with Crippen LogP contribution < -0.4 is 15.4 Å². The summed E-state index contributed by atoms with van der Waals surface area (Å²) in [6.45, 7) is 0. The molecule has 0 fully saturated rings. The van der Waals surface area contributed by atoms with Crippen LogP contribution in [0.3, 0.4) is 0 Å². The second kappa shape index (κ2) is 9.37. The third-order valence-electron chi connectivity index (χ3n) is 3.65. The van der Waals surface area contributed by atoms with Crippen molar-refractivity contribution in [3.8, 4) is 11.5 Å². The van der Waals surface area contributed by atoms with Gasteiger partial charge < -0.3 is 10.1 Å². The van der Waals surface area contributed by atoms with Crippen LogP contribution in [0.5, 0.6) is 11.5 Å². The molecular formula is C20H12Cl4N2O3. The van der Waals surface area contributed by atoms with Crippen LogP contribution in [-0.4, -0.2) is 11.9 Å². The number of benzene rings is 3. The molecule has 0 bridgehead atoms. The monoisotopic (exact) mass is 468 g/mol. The second-order valence-corrected chi connectivity index (χ2v) is 7.36. The molecule has 0 aliphatic rings. The van der Waals surface area contributed by atoms with Crippen molar-refractivity contribution in [1.29, 1.82) is 0 Å². The van der Waals surface area contributed by atoms with Crippen LogP contribution in [0.2, 0.25) is 20.1 Å². The van der Waals surface area contributed by atoms with Crippen LogP contribution in [0.1, 0.15) is 10.4 Å². The van der Waals surface area contributed by atoms with E-state index in [0.29, 0.717) is 22.2 Å². The molecule has 0 atom stereocenters. The number of anilines is 1. The summed E-state index contributed by atoms with van der Waals surface area (Å²) in [5.74, 6) is 0.211. The van der Waals surface area contributed by atoms with E-state index in [2.05, 4.69) is 10.6 Å². The number of ether oxygens (including phenoxy) is 1. The van der Waals surface area contributed by atoms with Gasteiger partial charge in [-0.05, 0) is 54.6 Å². The molecule has 5 nitrogen and oxygen atoms in total. The van der Waals surface area contributed by atoms with Crippen molar-refractivity contribution in [2.24, 2.45) is 0 Å². The molecule has 0 radical (unpaired) electrons. The molecule has 0 unspecified atom stereocenters. The van der Waals surface area contributed by atoms with Crippen molar-refractivity contribution in [3.05, 3.63) is 86.3 Å². The summed E-state index contributed by atoms with van der Waals surface area (Å²) in [5.41, 5.74) is 0.365. The van der Waals surface area contributed by atoms with Crippen LogP contribution in [-0.2, 0) is 0 Å². The quantitative estimate of drug-likeness (QED) is 0.429. The van der Waals surface area contributed by atoms with Gasteiger partial charge in [0.2, 0.25) is 0 Å². The van der Waals surface area contributed by atoms with Crippen molar-refractivity contribution in [3.63, 3.8) is 0 Å². The number of imide groups is 1. The number of hydrogen-bond acceptors (Lipinski definition) is 3. The lowest BCUT2D eigenvalue weighted by Gasteiger charge is -2.11. The Kier molecular flexibility index (Phi) is 6.87. The summed E-state index contributed by atoms with van der Waals surface area (Å²) in [6.07, 6.45) is 0. The predicted molar refractivity (Wildman–Crippen MR) is 116 cm³/mol. The first kappa shape index (κ1) is 21.3. The summed E-state index contributed by atoms with van der Waals surface area (Å²) in [7, 11) is 0. The van der Waals surface area contributed by atoms with E-state index in [9.17, 15) is 9.59 Å². The molecule has 0 saturated carbocycles. The number of amides is 3. The number of carbonyl (C=O) groups excluding carboxylic acids is 2. The second-order valence-electron chi connectivity index (χ2n) is 5.71. The third-order valence-corrected chi connectivity index (χ3v) is 4.83. The lowest BCUT2D eigenvalue weighted by molar-refractivity contribution is 0.0967. The van der Waals surface area contributed by atoms with Crippen molar-refractivity contribution in [2.75, 3.05) is 5.32 Å². The van der Waals surface area contributed by atoms with E-state index in [1.807, 2.05) is 0 Å². The Morgan fingerprint density at radius 2 is 1.45 bits per heavy atom. The molecule has 148 valence electrons. The molecule has 3 aromatic carbocycles. The van der Waals surface area contributed by atoms with E-state index in [0.717, 1.165) is 0 Å². The van der Waals surface area contributed by atoms with Gasteiger partial charge in [-0.2, -0.15) is 0 Å². The third kappa shape index (κ3) is 5.55. The topological polar surface area (TPSA) is 67.4 Å². The van der Waals surface area contributed by atoms with Crippen molar-refractivity contribution < 1.29 is 14.3 Å². The smallest absolute Gasteiger partial charge is 0.326 e. The van der Waals surface area contributed by atoms with E-state index in [1.165, 1.54) is 18.2 Å². The van der Waals surface area contributed by atoms with Crippen LogP contribution >= 0.6 is 46.4 Å². The molecule has 3 rings (SSSR count). The molecule has 0 heterocycles. The van der Waals surface area contributed by atoms with Gasteiger partial charge in [0.1, 0.15) is 11.5 Å². The van der Waals surface area contributed by atoms with Crippen LogP contribution in [0.15, 0.2) is 60.7 Å². The maximum atomic E-state index is 12.2. The largest absolute Gasteiger partial charge is 0.456 e. The highest BCUT2D eigenvalue weighted by Crippen LogP contribution is 2.32. The summed E-state index contributed by atoms with van der Waals surface area (Å²) in [5, 5.41) is 5.78. The molecule has 0 spiro atoms. The minimum Gasteiger partial charge on any atom is -0.456 e. The highest BCUT2D eigenvalue weighted by atomic mass is 35.5. The van der Waals surface area contributed by atoms with Gasteiger partial charge in [0.05, 0.1) is 20.6 Å². The van der Waals surface area contributed by atoms with Crippen molar-refractivity contribution >= 4 is 64.0 Å². The van der Waals surface area contributed by atoms with Gasteiger partial charge in [-0.25, -0.2) is 4.79 Å². The minimum absolute atomic E-state index is 0.00993. The summed E-state index contributed by atoms with van der Waals surface area (Å²) in [6, 6.07) is 15.2. The van der Waals surface area contributed by atoms with E-state index in [4.69, 9.17) is 51.1 Å². The van der Waals surface area contributed by atoms with Crippen LogP contribution in [0.25, 0.3) is 0 Å². The lowest BCUT2D eigenvalue weighted by atomic mass is 10.2. The zero-order valence-electron chi connectivity index (χ0n) is 14.5. The highest BCUT2D eigenvalue weighted by molar-refractivity contribution is 6.40. The maximum absolute atomic E-state index is 12.2. The fourth-order valence-electron chi connectivity index (χ4n) is 2.33. The van der Waals surface area contributed by atoms with Crippen molar-refractivity contribution in [2.45, 2.75) is 0 Å². The average molecular weight is 470 g/mol. The average Bonchev–Trinajstić information content (AvgIpc) is 2.65. The number of rotatable bonds is 4. The van der Waals surface area contributed by atoms with Gasteiger partial charge in [-0.15, -0.1) is 0 Å². The van der Waals surface area contributed by atoms with Crippen molar-refractivity contribution in [1.82, 2.24) is 5.32 Å². The first-order valence-electron chi connectivity index (χ1n) is 8.13. The number of nitrogens with one attached hydrogen (secondary N) is 2. The molecule has 29 heavy (non-hydrogen) atoms. The van der Waals surface area contributed by atoms with Gasteiger partial charge in [0.25, 0.3) is 5.91 Å². The molecule has 0 saturated heterocycles. The van der Waals surface area contributed by atoms with Crippen LogP contribution in [0, 0.1) is 0 Å². The Hall–Kier alpha value is -2.44. The SMILES string of the molecule is O=C(NC(=O)c1c(Cl)cccc1Cl)Nc1ccc(Oc2ccc(Cl)cc2)c(Cl)c1. The Balaban J connectivity index is 1.65. The Bertz CT molecular complexity index is 1050. The van der Waals surface area contributed by atoms with Crippen LogP contribution in [0.4, 0.5) is 10.5 Å². The fourth-order valence-corrected chi connectivity index (χ4v) is 3.25. The normalized spacial score (nSPS) is 10.3. The minimum atomic E-state index is -0.770. The van der Waals surface area contributed by atoms with E-state index in [1.54, 1.807) is 42.5 Å². The van der Waals surface area contributed by atoms with E-state index < -0.39 is 11.9 Å². The zero-order chi connectivity index (χ0) is 21.0. The first-order chi connectivity index (χ1) is 13.8. The summed E-state index contributed by atoms with van der Waals surface area (Å²) in [4.78, 5) is 24.4. The number of carbonyl (C=O) groups is 2. The highest BCUT2D eigenvalue weighted by Gasteiger charge is 2.17. The molecule has 3 amide bonds. The lowest BCUT2D eigenvalue weighted by Crippen LogP contribution is -2.34. The Morgan fingerprint density at radius 1 is 0.793 bits per heavy atom. The molecule has 0 aromatic heterocycles.